The Morgan fingerprint density at radius 1 is 1.41 bits per heavy atom. The van der Waals surface area contributed by atoms with E-state index in [-0.39, 0.29) is 16.8 Å². The van der Waals surface area contributed by atoms with Gasteiger partial charge in [0.1, 0.15) is 27.6 Å². The molecule has 1 aromatic heterocycles. The molecule has 0 aliphatic carbocycles. The van der Waals surface area contributed by atoms with Crippen molar-refractivity contribution in [1.82, 2.24) is 9.47 Å². The molecule has 32 heavy (non-hydrogen) atoms. The molecule has 1 aliphatic heterocycles. The monoisotopic (exact) mass is 458 g/mol. The average Bonchev–Trinajstić information content (AvgIpc) is 3.10. The van der Waals surface area contributed by atoms with Crippen molar-refractivity contribution in [3.63, 3.8) is 0 Å². The molecule has 0 atom stereocenters. The smallest absolute Gasteiger partial charge is 0.349 e. The number of nitrogens with zero attached hydrogens (tertiary/aromatic N) is 3. The second-order valence-electron chi connectivity index (χ2n) is 7.18. The van der Waals surface area contributed by atoms with Crippen LogP contribution in [0.4, 0.5) is 5.69 Å². The van der Waals surface area contributed by atoms with Crippen LogP contribution in [-0.4, -0.2) is 60.0 Å². The van der Waals surface area contributed by atoms with Crippen LogP contribution in [0.3, 0.4) is 0 Å². The number of aromatic nitrogens is 1. The standard InChI is InChI=1S/C22H26N4O5S/c1-3-26-20(27)19(32-21(26)17(13-23)22(28)29)14-24-16-5-4-15(2)18(12-16)31-11-8-25-6-9-30-10-7-25/h4-5,12,14,24H,3,6-11H2,1-2H3,(H,28,29)/b19-14+,21-17-. The molecule has 0 radical (unpaired) electrons. The van der Waals surface area contributed by atoms with Crippen LogP contribution >= 0.6 is 11.3 Å². The Hall–Kier alpha value is -3.13. The summed E-state index contributed by atoms with van der Waals surface area (Å²) in [5, 5.41) is 21.5. The number of carboxylic acids is 1. The Bertz CT molecular complexity index is 1190. The average molecular weight is 459 g/mol. The van der Waals surface area contributed by atoms with Crippen molar-refractivity contribution < 1.29 is 19.4 Å². The highest BCUT2D eigenvalue weighted by Gasteiger charge is 2.14. The topological polar surface area (TPSA) is 117 Å². The molecule has 2 heterocycles. The summed E-state index contributed by atoms with van der Waals surface area (Å²) in [6.45, 7) is 8.65. The number of thiazole rings is 1. The number of benzene rings is 1. The highest BCUT2D eigenvalue weighted by atomic mass is 32.1. The molecule has 1 saturated heterocycles. The summed E-state index contributed by atoms with van der Waals surface area (Å²) >= 11 is 0.973. The number of nitriles is 1. The van der Waals surface area contributed by atoms with Gasteiger partial charge in [0, 0.05) is 44.1 Å². The van der Waals surface area contributed by atoms with Crippen molar-refractivity contribution in [3.05, 3.63) is 43.3 Å². The number of anilines is 1. The molecule has 2 aromatic rings. The van der Waals surface area contributed by atoms with E-state index in [0.29, 0.717) is 11.1 Å². The SMILES string of the molecule is CCn1c(=O)/c(=C\Nc2ccc(C)c(OCCN3CCOCC3)c2)s/c1=C(/C#N)C(=O)O. The first kappa shape index (κ1) is 23.5. The van der Waals surface area contributed by atoms with Gasteiger partial charge >= 0.3 is 5.97 Å². The Morgan fingerprint density at radius 2 is 2.16 bits per heavy atom. The highest BCUT2D eigenvalue weighted by Crippen LogP contribution is 2.22. The number of ether oxygens (including phenoxy) is 2. The van der Waals surface area contributed by atoms with Crippen LogP contribution in [0.5, 0.6) is 5.75 Å². The molecule has 3 rings (SSSR count). The number of hydrogen-bond acceptors (Lipinski definition) is 8. The van der Waals surface area contributed by atoms with Gasteiger partial charge in [-0.25, -0.2) is 4.79 Å². The zero-order chi connectivity index (χ0) is 23.1. The quantitative estimate of drug-likeness (QED) is 0.589. The van der Waals surface area contributed by atoms with Crippen molar-refractivity contribution in [3.8, 4) is 11.8 Å². The van der Waals surface area contributed by atoms with Crippen LogP contribution in [0.2, 0.25) is 0 Å². The van der Waals surface area contributed by atoms with Crippen molar-refractivity contribution in [2.75, 3.05) is 44.8 Å². The van der Waals surface area contributed by atoms with E-state index in [2.05, 4.69) is 10.2 Å². The zero-order valence-electron chi connectivity index (χ0n) is 18.1. The van der Waals surface area contributed by atoms with Gasteiger partial charge in [-0.3, -0.25) is 14.3 Å². The molecule has 2 N–H and O–H groups in total. The molecule has 0 amide bonds. The van der Waals surface area contributed by atoms with Gasteiger partial charge in [0.25, 0.3) is 5.56 Å². The van der Waals surface area contributed by atoms with E-state index in [4.69, 9.17) is 14.7 Å². The third kappa shape index (κ3) is 5.56. The fourth-order valence-electron chi connectivity index (χ4n) is 3.28. The Morgan fingerprint density at radius 3 is 2.81 bits per heavy atom. The molecule has 0 bridgehead atoms. The maximum atomic E-state index is 12.6. The highest BCUT2D eigenvalue weighted by molar-refractivity contribution is 7.07. The number of carboxylic acid groups (broad SMARTS) is 1. The second-order valence-corrected chi connectivity index (χ2v) is 8.21. The molecule has 170 valence electrons. The summed E-state index contributed by atoms with van der Waals surface area (Å²) < 4.78 is 13.1. The summed E-state index contributed by atoms with van der Waals surface area (Å²) in [7, 11) is 0. The Balaban J connectivity index is 1.79. The van der Waals surface area contributed by atoms with Gasteiger partial charge in [-0.15, -0.1) is 11.3 Å². The van der Waals surface area contributed by atoms with E-state index in [9.17, 15) is 14.7 Å². The van der Waals surface area contributed by atoms with E-state index < -0.39 is 11.5 Å². The second kappa shape index (κ2) is 10.9. The molecule has 1 aliphatic rings. The lowest BCUT2D eigenvalue weighted by molar-refractivity contribution is -0.130. The summed E-state index contributed by atoms with van der Waals surface area (Å²) in [5.41, 5.74) is 0.944. The predicted octanol–water partition coefficient (Wildman–Crippen LogP) is 0.558. The van der Waals surface area contributed by atoms with Crippen molar-refractivity contribution in [1.29, 1.82) is 5.26 Å². The number of nitrogens with one attached hydrogen (secondary N) is 1. The summed E-state index contributed by atoms with van der Waals surface area (Å²) in [6.07, 6.45) is 1.53. The molecule has 0 spiro atoms. The predicted molar refractivity (Wildman–Crippen MR) is 122 cm³/mol. The van der Waals surface area contributed by atoms with Crippen LogP contribution in [0, 0.1) is 18.3 Å². The van der Waals surface area contributed by atoms with Gasteiger partial charge in [-0.2, -0.15) is 5.26 Å². The van der Waals surface area contributed by atoms with Crippen LogP contribution < -0.4 is 24.8 Å². The van der Waals surface area contributed by atoms with E-state index >= 15 is 0 Å². The van der Waals surface area contributed by atoms with Gasteiger partial charge in [-0.05, 0) is 25.5 Å². The van der Waals surface area contributed by atoms with Crippen molar-refractivity contribution in [2.24, 2.45) is 0 Å². The van der Waals surface area contributed by atoms with Crippen molar-refractivity contribution in [2.45, 2.75) is 20.4 Å². The Labute approximate surface area is 189 Å². The number of aliphatic carboxylic acids is 1. The van der Waals surface area contributed by atoms with E-state index in [1.165, 1.54) is 10.8 Å². The van der Waals surface area contributed by atoms with Gasteiger partial charge in [0.05, 0.1) is 13.2 Å². The molecule has 1 aromatic carbocycles. The first-order valence-electron chi connectivity index (χ1n) is 10.3. The summed E-state index contributed by atoms with van der Waals surface area (Å²) in [6, 6.07) is 7.33. The van der Waals surface area contributed by atoms with Gasteiger partial charge < -0.3 is 19.9 Å². The zero-order valence-corrected chi connectivity index (χ0v) is 18.9. The maximum absolute atomic E-state index is 12.6. The Kier molecular flexibility index (Phi) is 8.05. The minimum Gasteiger partial charge on any atom is -0.492 e. The van der Waals surface area contributed by atoms with Crippen LogP contribution in [0.25, 0.3) is 11.8 Å². The number of morpholine rings is 1. The summed E-state index contributed by atoms with van der Waals surface area (Å²) in [5.74, 6) is -0.603. The molecule has 1 fully saturated rings. The number of carbonyl (C=O) groups is 1. The third-order valence-electron chi connectivity index (χ3n) is 5.09. The number of hydrogen-bond donors (Lipinski definition) is 2. The first-order chi connectivity index (χ1) is 15.4. The lowest BCUT2D eigenvalue weighted by Crippen LogP contribution is -2.38. The molecule has 0 unspecified atom stereocenters. The van der Waals surface area contributed by atoms with E-state index in [0.717, 1.165) is 61.2 Å². The van der Waals surface area contributed by atoms with Crippen LogP contribution in [-0.2, 0) is 16.1 Å². The number of rotatable bonds is 8. The normalized spacial score (nSPS) is 15.8. The summed E-state index contributed by atoms with van der Waals surface area (Å²) in [4.78, 5) is 26.3. The van der Waals surface area contributed by atoms with Gasteiger partial charge in [0.2, 0.25) is 0 Å². The molecule has 0 saturated carbocycles. The third-order valence-corrected chi connectivity index (χ3v) is 6.22. The number of aryl methyl sites for hydroxylation is 1. The van der Waals surface area contributed by atoms with Crippen LogP contribution in [0.15, 0.2) is 23.0 Å². The fraction of sp³-hybridized carbons (Fsp3) is 0.409. The van der Waals surface area contributed by atoms with Crippen molar-refractivity contribution >= 4 is 34.8 Å². The molecule has 9 nitrogen and oxygen atoms in total. The minimum absolute atomic E-state index is 0.136. The lowest BCUT2D eigenvalue weighted by Gasteiger charge is -2.26. The van der Waals surface area contributed by atoms with Gasteiger partial charge in [-0.1, -0.05) is 6.07 Å². The minimum atomic E-state index is -1.35. The maximum Gasteiger partial charge on any atom is 0.349 e. The van der Waals surface area contributed by atoms with E-state index in [1.54, 1.807) is 13.0 Å². The largest absolute Gasteiger partial charge is 0.492 e. The first-order valence-corrected chi connectivity index (χ1v) is 11.1. The fourth-order valence-corrected chi connectivity index (χ4v) is 4.36. The van der Waals surface area contributed by atoms with Gasteiger partial charge in [0.15, 0.2) is 5.57 Å². The molecule has 10 heteroatoms. The van der Waals surface area contributed by atoms with Crippen LogP contribution in [0.1, 0.15) is 12.5 Å². The molecular weight excluding hydrogens is 432 g/mol. The molecular formula is C22H26N4O5S. The lowest BCUT2D eigenvalue weighted by atomic mass is 10.2. The van der Waals surface area contributed by atoms with E-state index in [1.807, 2.05) is 25.1 Å².